The van der Waals surface area contributed by atoms with Crippen molar-refractivity contribution in [3.05, 3.63) is 17.5 Å². The summed E-state index contributed by atoms with van der Waals surface area (Å²) < 4.78 is 1.83. The Morgan fingerprint density at radius 3 is 2.70 bits per heavy atom. The fourth-order valence-electron chi connectivity index (χ4n) is 1.69. The number of aromatic nitrogens is 2. The van der Waals surface area contributed by atoms with Crippen LogP contribution in [0.1, 0.15) is 36.3 Å². The quantitative estimate of drug-likeness (QED) is 0.768. The van der Waals surface area contributed by atoms with Crippen LogP contribution in [0.5, 0.6) is 0 Å². The van der Waals surface area contributed by atoms with Crippen LogP contribution in [0.4, 0.5) is 0 Å². The highest BCUT2D eigenvalue weighted by Gasteiger charge is 2.22. The molecular weight excluding hydrogens is 254 g/mol. The first-order valence-corrected chi connectivity index (χ1v) is 6.97. The first-order valence-electron chi connectivity index (χ1n) is 6.97. The molecule has 1 heterocycles. The zero-order valence-corrected chi connectivity index (χ0v) is 13.2. The minimum atomic E-state index is -0.0842. The Morgan fingerprint density at radius 2 is 2.15 bits per heavy atom. The molecule has 0 fully saturated rings. The predicted molar refractivity (Wildman–Crippen MR) is 80.7 cm³/mol. The number of carbonyl (C=O) groups excluding carboxylic acids is 1. The fourth-order valence-corrected chi connectivity index (χ4v) is 1.69. The Morgan fingerprint density at radius 1 is 1.50 bits per heavy atom. The highest BCUT2D eigenvalue weighted by Crippen LogP contribution is 2.11. The molecule has 6 heteroatoms. The smallest absolute Gasteiger partial charge is 0.254 e. The second kappa shape index (κ2) is 6.85. The van der Waals surface area contributed by atoms with Gasteiger partial charge in [-0.05, 0) is 47.8 Å². The van der Waals surface area contributed by atoms with Crippen LogP contribution in [0.25, 0.3) is 0 Å². The third-order valence-corrected chi connectivity index (χ3v) is 3.81. The highest BCUT2D eigenvalue weighted by atomic mass is 16.1. The maximum atomic E-state index is 12.2. The van der Waals surface area contributed by atoms with Crippen molar-refractivity contribution in [2.45, 2.75) is 39.3 Å². The van der Waals surface area contributed by atoms with E-state index in [2.05, 4.69) is 29.2 Å². The van der Waals surface area contributed by atoms with Crippen LogP contribution in [-0.2, 0) is 6.54 Å². The third kappa shape index (κ3) is 4.05. The van der Waals surface area contributed by atoms with E-state index in [1.165, 1.54) is 0 Å². The molecule has 0 saturated carbocycles. The fraction of sp³-hybridized carbons (Fsp3) is 0.714. The molecule has 20 heavy (non-hydrogen) atoms. The molecule has 1 amide bonds. The molecule has 1 aromatic rings. The lowest BCUT2D eigenvalue weighted by Crippen LogP contribution is -2.48. The van der Waals surface area contributed by atoms with Crippen molar-refractivity contribution < 1.29 is 4.79 Å². The van der Waals surface area contributed by atoms with Crippen LogP contribution in [-0.4, -0.2) is 53.3 Å². The van der Waals surface area contributed by atoms with E-state index in [9.17, 15) is 4.79 Å². The van der Waals surface area contributed by atoms with E-state index in [4.69, 9.17) is 5.73 Å². The van der Waals surface area contributed by atoms with Crippen molar-refractivity contribution in [2.75, 3.05) is 27.2 Å². The number of nitrogens with one attached hydrogen (secondary N) is 1. The van der Waals surface area contributed by atoms with Crippen molar-refractivity contribution >= 4 is 5.91 Å². The minimum absolute atomic E-state index is 0.0728. The van der Waals surface area contributed by atoms with Gasteiger partial charge in [-0.3, -0.25) is 9.48 Å². The van der Waals surface area contributed by atoms with Crippen LogP contribution in [0, 0.1) is 6.92 Å². The van der Waals surface area contributed by atoms with Gasteiger partial charge in [0, 0.05) is 24.3 Å². The lowest BCUT2D eigenvalue weighted by molar-refractivity contribution is 0.0919. The summed E-state index contributed by atoms with van der Waals surface area (Å²) in [7, 11) is 4.00. The standard InChI is InChI=1S/C14H27N5O/c1-11-12(9-17-19(11)8-6-7-15)13(20)16-10-14(2,3)18(4)5/h9H,6-8,10,15H2,1-5H3,(H,16,20). The van der Waals surface area contributed by atoms with E-state index in [1.807, 2.05) is 25.7 Å². The second-order valence-electron chi connectivity index (χ2n) is 5.90. The van der Waals surface area contributed by atoms with E-state index in [0.717, 1.165) is 18.7 Å². The van der Waals surface area contributed by atoms with Crippen LogP contribution >= 0.6 is 0 Å². The molecule has 1 rings (SSSR count). The summed E-state index contributed by atoms with van der Waals surface area (Å²) in [6.07, 6.45) is 2.49. The van der Waals surface area contributed by atoms with Gasteiger partial charge in [-0.25, -0.2) is 0 Å². The van der Waals surface area contributed by atoms with Crippen molar-refractivity contribution in [2.24, 2.45) is 5.73 Å². The minimum Gasteiger partial charge on any atom is -0.350 e. The Labute approximate surface area is 121 Å². The zero-order valence-electron chi connectivity index (χ0n) is 13.2. The number of likely N-dealkylation sites (N-methyl/N-ethyl adjacent to an activating group) is 1. The second-order valence-corrected chi connectivity index (χ2v) is 5.90. The van der Waals surface area contributed by atoms with Gasteiger partial charge in [-0.15, -0.1) is 0 Å². The number of rotatable bonds is 7. The number of carbonyl (C=O) groups is 1. The van der Waals surface area contributed by atoms with Crippen LogP contribution in [0.3, 0.4) is 0 Å². The Hall–Kier alpha value is -1.40. The molecule has 0 unspecified atom stereocenters. The zero-order chi connectivity index (χ0) is 15.3. The van der Waals surface area contributed by atoms with Gasteiger partial charge >= 0.3 is 0 Å². The van der Waals surface area contributed by atoms with Gasteiger partial charge in [-0.1, -0.05) is 0 Å². The topological polar surface area (TPSA) is 76.2 Å². The van der Waals surface area contributed by atoms with Gasteiger partial charge in [0.2, 0.25) is 0 Å². The highest BCUT2D eigenvalue weighted by molar-refractivity contribution is 5.95. The Balaban J connectivity index is 2.67. The predicted octanol–water partition coefficient (Wildman–Crippen LogP) is 0.610. The van der Waals surface area contributed by atoms with Crippen LogP contribution in [0.15, 0.2) is 6.20 Å². The monoisotopic (exact) mass is 281 g/mol. The summed E-state index contributed by atoms with van der Waals surface area (Å²) in [6, 6.07) is 0. The van der Waals surface area contributed by atoms with E-state index in [1.54, 1.807) is 6.20 Å². The average Bonchev–Trinajstić information content (AvgIpc) is 2.75. The van der Waals surface area contributed by atoms with Gasteiger partial charge in [0.15, 0.2) is 0 Å². The summed E-state index contributed by atoms with van der Waals surface area (Å²) in [4.78, 5) is 14.3. The largest absolute Gasteiger partial charge is 0.350 e. The molecule has 6 nitrogen and oxygen atoms in total. The van der Waals surface area contributed by atoms with Crippen molar-refractivity contribution in [3.8, 4) is 0 Å². The molecule has 3 N–H and O–H groups in total. The van der Waals surface area contributed by atoms with Gasteiger partial charge in [0.25, 0.3) is 5.91 Å². The SMILES string of the molecule is Cc1c(C(=O)NCC(C)(C)N(C)C)cnn1CCCN. The molecule has 114 valence electrons. The molecule has 0 atom stereocenters. The number of hydrogen-bond donors (Lipinski definition) is 2. The molecule has 0 aliphatic heterocycles. The van der Waals surface area contributed by atoms with E-state index >= 15 is 0 Å². The van der Waals surface area contributed by atoms with Gasteiger partial charge in [0.1, 0.15) is 0 Å². The molecule has 0 saturated heterocycles. The summed E-state index contributed by atoms with van der Waals surface area (Å²) in [5.74, 6) is -0.0728. The maximum Gasteiger partial charge on any atom is 0.254 e. The van der Waals surface area contributed by atoms with Gasteiger partial charge in [0.05, 0.1) is 11.8 Å². The molecule has 0 aromatic carbocycles. The van der Waals surface area contributed by atoms with Crippen molar-refractivity contribution in [1.29, 1.82) is 0 Å². The van der Waals surface area contributed by atoms with Crippen LogP contribution < -0.4 is 11.1 Å². The number of nitrogens with zero attached hydrogens (tertiary/aromatic N) is 3. The van der Waals surface area contributed by atoms with Gasteiger partial charge in [-0.2, -0.15) is 5.10 Å². The molecule has 0 bridgehead atoms. The van der Waals surface area contributed by atoms with Crippen molar-refractivity contribution in [1.82, 2.24) is 20.0 Å². The maximum absolute atomic E-state index is 12.2. The molecule has 0 aliphatic rings. The normalized spacial score (nSPS) is 11.9. The number of amides is 1. The number of hydrogen-bond acceptors (Lipinski definition) is 4. The van der Waals surface area contributed by atoms with E-state index < -0.39 is 0 Å². The number of aryl methyl sites for hydroxylation is 1. The first-order chi connectivity index (χ1) is 9.29. The van der Waals surface area contributed by atoms with E-state index in [0.29, 0.717) is 18.7 Å². The molecule has 0 spiro atoms. The summed E-state index contributed by atoms with van der Waals surface area (Å²) in [6.45, 7) is 8.05. The molecule has 0 aliphatic carbocycles. The lowest BCUT2D eigenvalue weighted by atomic mass is 10.0. The van der Waals surface area contributed by atoms with Crippen LogP contribution in [0.2, 0.25) is 0 Å². The summed E-state index contributed by atoms with van der Waals surface area (Å²) in [5.41, 5.74) is 6.93. The summed E-state index contributed by atoms with van der Waals surface area (Å²) in [5, 5.41) is 7.22. The third-order valence-electron chi connectivity index (χ3n) is 3.81. The first kappa shape index (κ1) is 16.7. The number of nitrogens with two attached hydrogens (primary N) is 1. The van der Waals surface area contributed by atoms with E-state index in [-0.39, 0.29) is 11.4 Å². The molecule has 0 radical (unpaired) electrons. The summed E-state index contributed by atoms with van der Waals surface area (Å²) >= 11 is 0. The average molecular weight is 281 g/mol. The molecular formula is C14H27N5O. The van der Waals surface area contributed by atoms with Crippen molar-refractivity contribution in [3.63, 3.8) is 0 Å². The Bertz CT molecular complexity index is 450. The molecule has 1 aromatic heterocycles. The lowest BCUT2D eigenvalue weighted by Gasteiger charge is -2.32. The Kier molecular flexibility index (Phi) is 5.71. The van der Waals surface area contributed by atoms with Gasteiger partial charge < -0.3 is 16.0 Å².